The van der Waals surface area contributed by atoms with Crippen molar-refractivity contribution in [2.45, 2.75) is 0 Å². The average Bonchev–Trinajstić information content (AvgIpc) is 2.18. The third-order valence-corrected chi connectivity index (χ3v) is 2.26. The Labute approximate surface area is 95.7 Å². The van der Waals surface area contributed by atoms with E-state index < -0.39 is 11.7 Å². The predicted molar refractivity (Wildman–Crippen MR) is 60.6 cm³/mol. The van der Waals surface area contributed by atoms with Crippen LogP contribution in [0.2, 0.25) is 0 Å². The first kappa shape index (κ1) is 11.8. The van der Waals surface area contributed by atoms with Crippen molar-refractivity contribution >= 4 is 28.2 Å². The van der Waals surface area contributed by atoms with Crippen LogP contribution in [-0.4, -0.2) is 31.2 Å². The Balaban J connectivity index is 2.96. The highest BCUT2D eigenvalue weighted by atomic mass is 79.9. The first-order valence-corrected chi connectivity index (χ1v) is 5.00. The second kappa shape index (κ2) is 5.02. The summed E-state index contributed by atoms with van der Waals surface area (Å²) in [7, 11) is 3.49. The molecule has 1 aromatic carbocycles. The van der Waals surface area contributed by atoms with Crippen LogP contribution >= 0.6 is 15.9 Å². The number of hydrogen-bond donors (Lipinski definition) is 0. The van der Waals surface area contributed by atoms with Crippen molar-refractivity contribution in [3.8, 4) is 0 Å². The summed E-state index contributed by atoms with van der Waals surface area (Å²) in [6.07, 6.45) is 1.37. The van der Waals surface area contributed by atoms with Crippen molar-refractivity contribution in [3.63, 3.8) is 0 Å². The van der Waals surface area contributed by atoms with Crippen molar-refractivity contribution < 1.29 is 9.18 Å². The van der Waals surface area contributed by atoms with Crippen LogP contribution in [-0.2, 0) is 0 Å². The Morgan fingerprint density at radius 3 is 2.80 bits per heavy atom. The van der Waals surface area contributed by atoms with Gasteiger partial charge in [-0.2, -0.15) is 4.99 Å². The Bertz CT molecular complexity index is 404. The third-order valence-electron chi connectivity index (χ3n) is 1.56. The Morgan fingerprint density at radius 1 is 1.53 bits per heavy atom. The fraction of sp³-hybridized carbons (Fsp3) is 0.200. The molecular formula is C10H10BrFN2O. The van der Waals surface area contributed by atoms with Crippen LogP contribution in [0.5, 0.6) is 0 Å². The molecule has 1 amide bonds. The van der Waals surface area contributed by atoms with Gasteiger partial charge < -0.3 is 4.90 Å². The number of carbonyl (C=O) groups is 1. The second-order valence-corrected chi connectivity index (χ2v) is 3.99. The fourth-order valence-corrected chi connectivity index (χ4v) is 1.32. The van der Waals surface area contributed by atoms with Crippen LogP contribution in [0.15, 0.2) is 27.7 Å². The molecule has 3 nitrogen and oxygen atoms in total. The number of carbonyl (C=O) groups excluding carboxylic acids is 1. The molecule has 0 aliphatic heterocycles. The minimum absolute atomic E-state index is 0.216. The molecule has 0 bridgehead atoms. The van der Waals surface area contributed by atoms with Gasteiger partial charge in [0, 0.05) is 18.6 Å². The van der Waals surface area contributed by atoms with Crippen molar-refractivity contribution in [2.24, 2.45) is 4.99 Å². The molecule has 0 aliphatic carbocycles. The molecule has 0 aromatic heterocycles. The Kier molecular flexibility index (Phi) is 3.96. The number of hydrogen-bond acceptors (Lipinski definition) is 1. The van der Waals surface area contributed by atoms with Crippen molar-refractivity contribution in [2.75, 3.05) is 14.1 Å². The molecule has 0 N–H and O–H groups in total. The number of nitrogens with zero attached hydrogens (tertiary/aromatic N) is 2. The molecule has 0 saturated carbocycles. The van der Waals surface area contributed by atoms with Crippen molar-refractivity contribution in [1.29, 1.82) is 0 Å². The van der Waals surface area contributed by atoms with Crippen LogP contribution in [0.25, 0.3) is 0 Å². The summed E-state index contributed by atoms with van der Waals surface area (Å²) in [6.45, 7) is 0. The SMILES string of the molecule is CN(C)C=NC(=O)c1cc(F)ccc1Br. The van der Waals surface area contributed by atoms with Gasteiger partial charge in [-0.1, -0.05) is 0 Å². The van der Waals surface area contributed by atoms with E-state index in [0.717, 1.165) is 6.07 Å². The molecule has 0 aliphatic rings. The minimum atomic E-state index is -0.477. The smallest absolute Gasteiger partial charge is 0.279 e. The number of rotatable bonds is 2. The number of aliphatic imine (C=N–C) groups is 1. The van der Waals surface area contributed by atoms with E-state index in [1.165, 1.54) is 18.5 Å². The lowest BCUT2D eigenvalue weighted by molar-refractivity contribution is 0.100. The van der Waals surface area contributed by atoms with Gasteiger partial charge in [0.1, 0.15) is 5.82 Å². The molecule has 0 saturated heterocycles. The van der Waals surface area contributed by atoms with Crippen molar-refractivity contribution in [1.82, 2.24) is 4.90 Å². The maximum Gasteiger partial charge on any atom is 0.279 e. The lowest BCUT2D eigenvalue weighted by Gasteiger charge is -2.03. The average molecular weight is 273 g/mol. The van der Waals surface area contributed by atoms with Crippen LogP contribution in [0, 0.1) is 5.82 Å². The van der Waals surface area contributed by atoms with Gasteiger partial charge in [0.25, 0.3) is 5.91 Å². The van der Waals surface area contributed by atoms with Gasteiger partial charge in [-0.25, -0.2) is 4.39 Å². The highest BCUT2D eigenvalue weighted by molar-refractivity contribution is 9.10. The molecule has 0 radical (unpaired) electrons. The summed E-state index contributed by atoms with van der Waals surface area (Å²) in [5, 5.41) is 0. The molecule has 80 valence electrons. The van der Waals surface area contributed by atoms with Crippen LogP contribution in [0.3, 0.4) is 0 Å². The minimum Gasteiger partial charge on any atom is -0.369 e. The van der Waals surface area contributed by atoms with Crippen LogP contribution in [0.4, 0.5) is 4.39 Å². The second-order valence-electron chi connectivity index (χ2n) is 3.14. The highest BCUT2D eigenvalue weighted by Crippen LogP contribution is 2.18. The summed E-state index contributed by atoms with van der Waals surface area (Å²) in [5.41, 5.74) is 0.216. The Hall–Kier alpha value is -1.23. The zero-order valence-corrected chi connectivity index (χ0v) is 9.95. The predicted octanol–water partition coefficient (Wildman–Crippen LogP) is 2.32. The first-order chi connectivity index (χ1) is 7.00. The van der Waals surface area contributed by atoms with Crippen LogP contribution in [0.1, 0.15) is 10.4 Å². The largest absolute Gasteiger partial charge is 0.369 e. The van der Waals surface area contributed by atoms with E-state index in [-0.39, 0.29) is 5.56 Å². The topological polar surface area (TPSA) is 32.7 Å². The zero-order valence-electron chi connectivity index (χ0n) is 8.37. The van der Waals surface area contributed by atoms with E-state index >= 15 is 0 Å². The molecule has 0 fully saturated rings. The maximum atomic E-state index is 12.9. The fourth-order valence-electron chi connectivity index (χ4n) is 0.899. The van der Waals surface area contributed by atoms with Crippen LogP contribution < -0.4 is 0 Å². The van der Waals surface area contributed by atoms with E-state index in [9.17, 15) is 9.18 Å². The van der Waals surface area contributed by atoms with E-state index in [0.29, 0.717) is 4.47 Å². The van der Waals surface area contributed by atoms with Gasteiger partial charge in [-0.05, 0) is 34.1 Å². The standard InChI is InChI=1S/C10H10BrFN2O/c1-14(2)6-13-10(15)8-5-7(12)3-4-9(8)11/h3-6H,1-2H3. The first-order valence-electron chi connectivity index (χ1n) is 4.20. The maximum absolute atomic E-state index is 12.9. The van der Waals surface area contributed by atoms with Crippen molar-refractivity contribution in [3.05, 3.63) is 34.1 Å². The van der Waals surface area contributed by atoms with Gasteiger partial charge in [-0.15, -0.1) is 0 Å². The molecule has 1 rings (SSSR count). The summed E-state index contributed by atoms with van der Waals surface area (Å²) < 4.78 is 13.4. The molecule has 0 atom stereocenters. The van der Waals surface area contributed by atoms with E-state index in [1.54, 1.807) is 19.0 Å². The number of halogens is 2. The normalized spacial score (nSPS) is 10.7. The van der Waals surface area contributed by atoms with E-state index in [1.807, 2.05) is 0 Å². The molecule has 0 spiro atoms. The van der Waals surface area contributed by atoms with Gasteiger partial charge in [-0.3, -0.25) is 4.79 Å². The zero-order chi connectivity index (χ0) is 11.4. The van der Waals surface area contributed by atoms with E-state index in [2.05, 4.69) is 20.9 Å². The number of benzene rings is 1. The third kappa shape index (κ3) is 3.43. The molecular weight excluding hydrogens is 263 g/mol. The Morgan fingerprint density at radius 2 is 2.20 bits per heavy atom. The van der Waals surface area contributed by atoms with Gasteiger partial charge in [0.15, 0.2) is 0 Å². The molecule has 0 unspecified atom stereocenters. The highest BCUT2D eigenvalue weighted by Gasteiger charge is 2.09. The molecule has 5 heteroatoms. The summed E-state index contributed by atoms with van der Waals surface area (Å²) in [5.74, 6) is -0.934. The van der Waals surface area contributed by atoms with Gasteiger partial charge in [0.05, 0.1) is 11.9 Å². The lowest BCUT2D eigenvalue weighted by Crippen LogP contribution is -2.10. The molecule has 0 heterocycles. The van der Waals surface area contributed by atoms with Gasteiger partial charge in [0.2, 0.25) is 0 Å². The lowest BCUT2D eigenvalue weighted by atomic mass is 10.2. The number of amides is 1. The van der Waals surface area contributed by atoms with Gasteiger partial charge >= 0.3 is 0 Å². The van der Waals surface area contributed by atoms with E-state index in [4.69, 9.17) is 0 Å². The quantitative estimate of drug-likeness (QED) is 0.612. The molecule has 1 aromatic rings. The summed E-state index contributed by atoms with van der Waals surface area (Å²) in [6, 6.07) is 3.91. The molecule has 15 heavy (non-hydrogen) atoms. The summed E-state index contributed by atoms with van der Waals surface area (Å²) >= 11 is 3.16. The summed E-state index contributed by atoms with van der Waals surface area (Å²) in [4.78, 5) is 16.8. The monoisotopic (exact) mass is 272 g/mol.